The molecule has 0 amide bonds. The van der Waals surface area contributed by atoms with Crippen molar-refractivity contribution in [3.05, 3.63) is 10.9 Å². The van der Waals surface area contributed by atoms with Crippen molar-refractivity contribution in [1.82, 2.24) is 9.27 Å². The fourth-order valence-corrected chi connectivity index (χ4v) is 3.29. The lowest BCUT2D eigenvalue weighted by molar-refractivity contribution is 0.229. The van der Waals surface area contributed by atoms with Crippen molar-refractivity contribution in [1.29, 1.82) is 0 Å². The van der Waals surface area contributed by atoms with Gasteiger partial charge < -0.3 is 4.74 Å². The van der Waals surface area contributed by atoms with E-state index in [1.807, 2.05) is 6.07 Å². The van der Waals surface area contributed by atoms with E-state index in [1.165, 1.54) is 35.8 Å². The van der Waals surface area contributed by atoms with Crippen LogP contribution in [0.15, 0.2) is 6.07 Å². The van der Waals surface area contributed by atoms with Crippen molar-refractivity contribution < 1.29 is 4.74 Å². The average molecular weight is 291 g/mol. The predicted molar refractivity (Wildman–Crippen MR) is 65.9 cm³/mol. The zero-order valence-electron chi connectivity index (χ0n) is 8.78. The van der Waals surface area contributed by atoms with Gasteiger partial charge in [-0.2, -0.15) is 4.37 Å². The molecule has 5 heteroatoms. The van der Waals surface area contributed by atoms with E-state index < -0.39 is 0 Å². The third-order valence-electron chi connectivity index (χ3n) is 2.57. The summed E-state index contributed by atoms with van der Waals surface area (Å²) in [5.41, 5.74) is 0. The van der Waals surface area contributed by atoms with Crippen LogP contribution in [0.1, 0.15) is 17.7 Å². The fraction of sp³-hybridized carbons (Fsp3) is 0.700. The standard InChI is InChI=1S/C10H15BrN2OS/c1-14-10-5-9(15-12-10)7-13-4-2-3-8(11)6-13/h5,8H,2-4,6-7H2,1H3. The van der Waals surface area contributed by atoms with E-state index in [0.717, 1.165) is 19.0 Å². The molecule has 0 N–H and O–H groups in total. The van der Waals surface area contributed by atoms with Crippen molar-refractivity contribution in [2.24, 2.45) is 0 Å². The molecule has 84 valence electrons. The first-order valence-corrected chi connectivity index (χ1v) is 6.83. The summed E-state index contributed by atoms with van der Waals surface area (Å²) in [6.45, 7) is 3.34. The number of piperidine rings is 1. The molecule has 1 saturated heterocycles. The van der Waals surface area contributed by atoms with E-state index in [0.29, 0.717) is 4.83 Å². The molecule has 1 aliphatic heterocycles. The molecule has 1 fully saturated rings. The fourth-order valence-electron chi connectivity index (χ4n) is 1.83. The van der Waals surface area contributed by atoms with Crippen LogP contribution in [-0.2, 0) is 6.54 Å². The van der Waals surface area contributed by atoms with Gasteiger partial charge in [0.2, 0.25) is 5.88 Å². The monoisotopic (exact) mass is 290 g/mol. The number of aromatic nitrogens is 1. The Morgan fingerprint density at radius 1 is 1.73 bits per heavy atom. The SMILES string of the molecule is COc1cc(CN2CCCC(Br)C2)sn1. The van der Waals surface area contributed by atoms with Crippen LogP contribution in [0.2, 0.25) is 0 Å². The minimum Gasteiger partial charge on any atom is -0.480 e. The van der Waals surface area contributed by atoms with Gasteiger partial charge in [-0.25, -0.2) is 0 Å². The van der Waals surface area contributed by atoms with Gasteiger partial charge in [0, 0.05) is 28.9 Å². The summed E-state index contributed by atoms with van der Waals surface area (Å²) in [5, 5.41) is 0. The number of nitrogens with zero attached hydrogens (tertiary/aromatic N) is 2. The number of halogens is 1. The molecule has 1 unspecified atom stereocenters. The second-order valence-electron chi connectivity index (χ2n) is 3.81. The number of likely N-dealkylation sites (tertiary alicyclic amines) is 1. The molecule has 1 aromatic heterocycles. The summed E-state index contributed by atoms with van der Waals surface area (Å²) in [6, 6.07) is 2.03. The highest BCUT2D eigenvalue weighted by Gasteiger charge is 2.18. The molecule has 0 radical (unpaired) electrons. The van der Waals surface area contributed by atoms with Gasteiger partial charge in [0.15, 0.2) is 0 Å². The van der Waals surface area contributed by atoms with E-state index >= 15 is 0 Å². The Kier molecular flexibility index (Phi) is 3.99. The number of rotatable bonds is 3. The van der Waals surface area contributed by atoms with Gasteiger partial charge in [0.25, 0.3) is 0 Å². The zero-order chi connectivity index (χ0) is 10.7. The smallest absolute Gasteiger partial charge is 0.225 e. The molecule has 0 aliphatic carbocycles. The normalized spacial score (nSPS) is 22.9. The van der Waals surface area contributed by atoms with Crippen LogP contribution in [0.5, 0.6) is 5.88 Å². The highest BCUT2D eigenvalue weighted by Crippen LogP contribution is 2.22. The van der Waals surface area contributed by atoms with Gasteiger partial charge in [0.05, 0.1) is 7.11 Å². The van der Waals surface area contributed by atoms with Crippen molar-refractivity contribution in [3.8, 4) is 5.88 Å². The molecule has 1 aromatic rings. The van der Waals surface area contributed by atoms with Crippen molar-refractivity contribution in [2.45, 2.75) is 24.2 Å². The van der Waals surface area contributed by atoms with E-state index in [9.17, 15) is 0 Å². The summed E-state index contributed by atoms with van der Waals surface area (Å²) in [6.07, 6.45) is 2.58. The van der Waals surface area contributed by atoms with Gasteiger partial charge in [-0.05, 0) is 30.9 Å². The Balaban J connectivity index is 1.90. The first-order valence-electron chi connectivity index (χ1n) is 5.14. The number of methoxy groups -OCH3 is 1. The second kappa shape index (κ2) is 5.27. The first-order chi connectivity index (χ1) is 7.28. The molecular weight excluding hydrogens is 276 g/mol. The molecule has 2 heterocycles. The predicted octanol–water partition coefficient (Wildman–Crippen LogP) is 2.51. The Labute approximate surface area is 103 Å². The van der Waals surface area contributed by atoms with Crippen LogP contribution >= 0.6 is 27.5 Å². The summed E-state index contributed by atoms with van der Waals surface area (Å²) < 4.78 is 9.28. The van der Waals surface area contributed by atoms with Crippen molar-refractivity contribution >= 4 is 27.5 Å². The molecule has 1 aliphatic rings. The minimum absolute atomic E-state index is 0.654. The number of ether oxygens (including phenoxy) is 1. The molecule has 2 rings (SSSR count). The Morgan fingerprint density at radius 3 is 3.27 bits per heavy atom. The van der Waals surface area contributed by atoms with Gasteiger partial charge in [-0.3, -0.25) is 4.90 Å². The summed E-state index contributed by atoms with van der Waals surface area (Å²) in [7, 11) is 1.66. The maximum absolute atomic E-state index is 5.08. The van der Waals surface area contributed by atoms with Crippen LogP contribution in [-0.4, -0.2) is 34.3 Å². The molecule has 1 atom stereocenters. The largest absolute Gasteiger partial charge is 0.480 e. The second-order valence-corrected chi connectivity index (χ2v) is 5.99. The maximum atomic E-state index is 5.08. The van der Waals surface area contributed by atoms with E-state index in [4.69, 9.17) is 4.74 Å². The highest BCUT2D eigenvalue weighted by atomic mass is 79.9. The third kappa shape index (κ3) is 3.16. The maximum Gasteiger partial charge on any atom is 0.225 e. The molecule has 0 bridgehead atoms. The highest BCUT2D eigenvalue weighted by molar-refractivity contribution is 9.09. The van der Waals surface area contributed by atoms with Crippen LogP contribution in [0, 0.1) is 0 Å². The third-order valence-corrected chi connectivity index (χ3v) is 4.07. The Bertz CT molecular complexity index is 318. The quantitative estimate of drug-likeness (QED) is 0.800. The molecule has 0 aromatic carbocycles. The van der Waals surface area contributed by atoms with Crippen molar-refractivity contribution in [2.75, 3.05) is 20.2 Å². The van der Waals surface area contributed by atoms with E-state index in [-0.39, 0.29) is 0 Å². The van der Waals surface area contributed by atoms with E-state index in [2.05, 4.69) is 25.2 Å². The lowest BCUT2D eigenvalue weighted by Gasteiger charge is -2.29. The first kappa shape index (κ1) is 11.4. The lowest BCUT2D eigenvalue weighted by atomic mass is 10.1. The summed E-state index contributed by atoms with van der Waals surface area (Å²) >= 11 is 5.22. The van der Waals surface area contributed by atoms with E-state index in [1.54, 1.807) is 7.11 Å². The topological polar surface area (TPSA) is 25.4 Å². The van der Waals surface area contributed by atoms with Crippen molar-refractivity contribution in [3.63, 3.8) is 0 Å². The number of alkyl halides is 1. The Hall–Kier alpha value is -0.130. The number of hydrogen-bond acceptors (Lipinski definition) is 4. The van der Waals surface area contributed by atoms with Crippen LogP contribution in [0.25, 0.3) is 0 Å². The van der Waals surface area contributed by atoms with Crippen LogP contribution < -0.4 is 4.74 Å². The van der Waals surface area contributed by atoms with Gasteiger partial charge >= 0.3 is 0 Å². The Morgan fingerprint density at radius 2 is 2.60 bits per heavy atom. The van der Waals surface area contributed by atoms with Gasteiger partial charge in [-0.15, -0.1) is 0 Å². The summed E-state index contributed by atoms with van der Waals surface area (Å²) in [4.78, 5) is 4.41. The van der Waals surface area contributed by atoms with Gasteiger partial charge in [0.1, 0.15) is 0 Å². The van der Waals surface area contributed by atoms with Crippen LogP contribution in [0.3, 0.4) is 0 Å². The average Bonchev–Trinajstić information content (AvgIpc) is 2.65. The lowest BCUT2D eigenvalue weighted by Crippen LogP contribution is -2.34. The number of hydrogen-bond donors (Lipinski definition) is 0. The molecule has 15 heavy (non-hydrogen) atoms. The summed E-state index contributed by atoms with van der Waals surface area (Å²) in [5.74, 6) is 0.738. The molecule has 3 nitrogen and oxygen atoms in total. The van der Waals surface area contributed by atoms with Gasteiger partial charge in [-0.1, -0.05) is 15.9 Å². The minimum atomic E-state index is 0.654. The zero-order valence-corrected chi connectivity index (χ0v) is 11.2. The van der Waals surface area contributed by atoms with Crippen LogP contribution in [0.4, 0.5) is 0 Å². The molecular formula is C10H15BrN2OS. The molecule has 0 spiro atoms. The molecule has 0 saturated carbocycles.